The highest BCUT2D eigenvalue weighted by atomic mass is 79.9. The molecule has 0 radical (unpaired) electrons. The SMILES string of the molecule is Cn1c(CNC(=O)c2csc(-c3cc(Br)cs3)n2)n[nH]c1=S. The number of halogens is 1. The van der Waals surface area contributed by atoms with Gasteiger partial charge in [-0.2, -0.15) is 5.10 Å². The second kappa shape index (κ2) is 6.41. The summed E-state index contributed by atoms with van der Waals surface area (Å²) in [5.74, 6) is 0.433. The number of carbonyl (C=O) groups excluding carboxylic acids is 1. The van der Waals surface area contributed by atoms with Gasteiger partial charge >= 0.3 is 0 Å². The van der Waals surface area contributed by atoms with Crippen molar-refractivity contribution in [2.75, 3.05) is 0 Å². The highest BCUT2D eigenvalue weighted by Crippen LogP contribution is 2.31. The quantitative estimate of drug-likeness (QED) is 0.640. The Kier molecular flexibility index (Phi) is 4.52. The molecule has 3 aromatic rings. The first-order valence-corrected chi connectivity index (χ1v) is 9.09. The number of amides is 1. The molecule has 1 amide bonds. The largest absolute Gasteiger partial charge is 0.343 e. The smallest absolute Gasteiger partial charge is 0.271 e. The summed E-state index contributed by atoms with van der Waals surface area (Å²) in [5.41, 5.74) is 0.404. The molecular formula is C12H10BrN5OS3. The lowest BCUT2D eigenvalue weighted by molar-refractivity contribution is 0.0945. The number of hydrogen-bond donors (Lipinski definition) is 2. The molecule has 0 bridgehead atoms. The molecule has 22 heavy (non-hydrogen) atoms. The van der Waals surface area contributed by atoms with Crippen molar-refractivity contribution in [3.63, 3.8) is 0 Å². The van der Waals surface area contributed by atoms with Crippen LogP contribution >= 0.6 is 50.8 Å². The third-order valence-electron chi connectivity index (χ3n) is 2.89. The van der Waals surface area contributed by atoms with E-state index >= 15 is 0 Å². The molecule has 0 unspecified atom stereocenters. The van der Waals surface area contributed by atoms with Gasteiger partial charge in [0.25, 0.3) is 5.91 Å². The summed E-state index contributed by atoms with van der Waals surface area (Å²) < 4.78 is 3.24. The van der Waals surface area contributed by atoms with Gasteiger partial charge in [0.2, 0.25) is 0 Å². The van der Waals surface area contributed by atoms with Crippen molar-refractivity contribution in [1.82, 2.24) is 25.1 Å². The van der Waals surface area contributed by atoms with Crippen molar-refractivity contribution in [1.29, 1.82) is 0 Å². The number of thiazole rings is 1. The average molecular weight is 416 g/mol. The van der Waals surface area contributed by atoms with Gasteiger partial charge in [-0.25, -0.2) is 4.98 Å². The van der Waals surface area contributed by atoms with Crippen LogP contribution in [0.1, 0.15) is 16.3 Å². The summed E-state index contributed by atoms with van der Waals surface area (Å²) in [5, 5.41) is 14.1. The Hall–Kier alpha value is -1.36. The molecule has 0 spiro atoms. The summed E-state index contributed by atoms with van der Waals surface area (Å²) in [4.78, 5) is 17.5. The monoisotopic (exact) mass is 415 g/mol. The molecule has 0 atom stereocenters. The van der Waals surface area contributed by atoms with E-state index in [0.29, 0.717) is 22.8 Å². The Balaban J connectivity index is 1.69. The van der Waals surface area contributed by atoms with E-state index in [9.17, 15) is 4.79 Å². The zero-order valence-corrected chi connectivity index (χ0v) is 15.3. The fourth-order valence-corrected chi connectivity index (χ4v) is 4.16. The van der Waals surface area contributed by atoms with Gasteiger partial charge in [-0.3, -0.25) is 9.89 Å². The number of H-pyrrole nitrogens is 1. The second-order valence-corrected chi connectivity index (χ2v) is 7.43. The molecule has 0 saturated carbocycles. The van der Waals surface area contributed by atoms with Gasteiger partial charge in [0.05, 0.1) is 11.4 Å². The summed E-state index contributed by atoms with van der Waals surface area (Å²) in [7, 11) is 1.79. The van der Waals surface area contributed by atoms with Gasteiger partial charge in [0.1, 0.15) is 10.7 Å². The molecule has 3 rings (SSSR count). The molecule has 3 aromatic heterocycles. The summed E-state index contributed by atoms with van der Waals surface area (Å²) in [6.07, 6.45) is 0. The van der Waals surface area contributed by atoms with E-state index < -0.39 is 0 Å². The third-order valence-corrected chi connectivity index (χ3v) is 5.96. The minimum Gasteiger partial charge on any atom is -0.343 e. The summed E-state index contributed by atoms with van der Waals surface area (Å²) in [6.45, 7) is 0.292. The van der Waals surface area contributed by atoms with E-state index in [0.717, 1.165) is 14.4 Å². The van der Waals surface area contributed by atoms with Crippen LogP contribution in [0.2, 0.25) is 0 Å². The Morgan fingerprint density at radius 2 is 2.32 bits per heavy atom. The molecule has 10 heteroatoms. The van der Waals surface area contributed by atoms with Gasteiger partial charge in [0.15, 0.2) is 10.6 Å². The predicted molar refractivity (Wildman–Crippen MR) is 92.7 cm³/mol. The topological polar surface area (TPSA) is 75.6 Å². The minimum atomic E-state index is -0.230. The fourth-order valence-electron chi connectivity index (χ4n) is 1.70. The Labute approximate surface area is 147 Å². The maximum Gasteiger partial charge on any atom is 0.271 e. The number of aromatic amines is 1. The van der Waals surface area contributed by atoms with Crippen molar-refractivity contribution in [2.24, 2.45) is 7.05 Å². The molecule has 0 aliphatic rings. The summed E-state index contributed by atoms with van der Waals surface area (Å²) >= 11 is 11.5. The van der Waals surface area contributed by atoms with E-state index in [2.05, 4.69) is 36.4 Å². The first kappa shape index (κ1) is 15.5. The normalized spacial score (nSPS) is 10.8. The van der Waals surface area contributed by atoms with E-state index in [1.165, 1.54) is 11.3 Å². The maximum atomic E-state index is 12.1. The van der Waals surface area contributed by atoms with Crippen molar-refractivity contribution < 1.29 is 4.79 Å². The van der Waals surface area contributed by atoms with E-state index in [1.807, 2.05) is 11.4 Å². The first-order valence-electron chi connectivity index (χ1n) is 6.13. The number of carbonyl (C=O) groups is 1. The van der Waals surface area contributed by atoms with Crippen molar-refractivity contribution in [3.8, 4) is 9.88 Å². The molecule has 3 heterocycles. The van der Waals surface area contributed by atoms with E-state index in [4.69, 9.17) is 12.2 Å². The number of thiophene rings is 1. The van der Waals surface area contributed by atoms with Crippen molar-refractivity contribution in [2.45, 2.75) is 6.54 Å². The molecule has 0 fully saturated rings. The fraction of sp³-hybridized carbons (Fsp3) is 0.167. The minimum absolute atomic E-state index is 0.230. The van der Waals surface area contributed by atoms with Gasteiger partial charge in [-0.1, -0.05) is 0 Å². The van der Waals surface area contributed by atoms with Crippen LogP contribution in [-0.2, 0) is 13.6 Å². The summed E-state index contributed by atoms with van der Waals surface area (Å²) in [6, 6.07) is 1.99. The molecule has 2 N–H and O–H groups in total. The zero-order valence-electron chi connectivity index (χ0n) is 11.3. The zero-order chi connectivity index (χ0) is 15.7. The van der Waals surface area contributed by atoms with Gasteiger partial charge in [-0.15, -0.1) is 22.7 Å². The molecule has 0 saturated heterocycles. The van der Waals surface area contributed by atoms with E-state index in [-0.39, 0.29) is 5.91 Å². The van der Waals surface area contributed by atoms with Crippen LogP contribution in [0, 0.1) is 4.77 Å². The van der Waals surface area contributed by atoms with E-state index in [1.54, 1.807) is 28.3 Å². The lowest BCUT2D eigenvalue weighted by atomic mass is 10.4. The maximum absolute atomic E-state index is 12.1. The third kappa shape index (κ3) is 3.19. The number of rotatable bonds is 4. The highest BCUT2D eigenvalue weighted by molar-refractivity contribution is 9.10. The van der Waals surface area contributed by atoms with Crippen LogP contribution in [0.15, 0.2) is 21.3 Å². The molecule has 114 valence electrons. The number of nitrogens with zero attached hydrogens (tertiary/aromatic N) is 3. The van der Waals surface area contributed by atoms with Crippen LogP contribution in [0.3, 0.4) is 0 Å². The number of nitrogens with one attached hydrogen (secondary N) is 2. The molecule has 6 nitrogen and oxygen atoms in total. The highest BCUT2D eigenvalue weighted by Gasteiger charge is 2.13. The van der Waals surface area contributed by atoms with Crippen molar-refractivity contribution in [3.05, 3.63) is 37.6 Å². The molecule has 0 aromatic carbocycles. The van der Waals surface area contributed by atoms with Gasteiger partial charge in [-0.05, 0) is 34.2 Å². The van der Waals surface area contributed by atoms with Gasteiger partial charge in [0, 0.05) is 22.3 Å². The van der Waals surface area contributed by atoms with Crippen LogP contribution in [0.4, 0.5) is 0 Å². The van der Waals surface area contributed by atoms with Crippen molar-refractivity contribution >= 4 is 56.7 Å². The van der Waals surface area contributed by atoms with Crippen LogP contribution in [0.5, 0.6) is 0 Å². The number of aromatic nitrogens is 4. The predicted octanol–water partition coefficient (Wildman–Crippen LogP) is 3.36. The lowest BCUT2D eigenvalue weighted by Crippen LogP contribution is -2.24. The second-order valence-electron chi connectivity index (χ2n) is 4.35. The standard InChI is InChI=1S/C12H10BrN5OS3/c1-18-9(16-17-12(18)20)3-14-10(19)7-5-22-11(15-7)8-2-6(13)4-21-8/h2,4-5H,3H2,1H3,(H,14,19)(H,17,20). The molecular weight excluding hydrogens is 406 g/mol. The lowest BCUT2D eigenvalue weighted by Gasteiger charge is -2.02. The molecule has 0 aliphatic carbocycles. The Morgan fingerprint density at radius 1 is 1.50 bits per heavy atom. The average Bonchev–Trinajstić information content (AvgIpc) is 3.20. The Bertz CT molecular complexity index is 877. The van der Waals surface area contributed by atoms with Crippen LogP contribution in [0.25, 0.3) is 9.88 Å². The van der Waals surface area contributed by atoms with Crippen LogP contribution < -0.4 is 5.32 Å². The van der Waals surface area contributed by atoms with Crippen LogP contribution in [-0.4, -0.2) is 25.7 Å². The number of hydrogen-bond acceptors (Lipinski definition) is 6. The van der Waals surface area contributed by atoms with Gasteiger partial charge < -0.3 is 9.88 Å². The first-order chi connectivity index (χ1) is 10.5. The Morgan fingerprint density at radius 3 is 2.95 bits per heavy atom. The molecule has 0 aliphatic heterocycles.